The minimum atomic E-state index is 0.271. The van der Waals surface area contributed by atoms with Gasteiger partial charge in [-0.05, 0) is 35.2 Å². The van der Waals surface area contributed by atoms with Crippen molar-refractivity contribution < 1.29 is 5.11 Å². The zero-order chi connectivity index (χ0) is 12.1. The second-order valence-corrected chi connectivity index (χ2v) is 3.70. The van der Waals surface area contributed by atoms with Crippen molar-refractivity contribution in [3.05, 3.63) is 70.1 Å². The number of hydrogen-bond donors (Lipinski definition) is 1. The van der Waals surface area contributed by atoms with E-state index in [1.807, 2.05) is 24.3 Å². The molecule has 0 aliphatic rings. The Bertz CT molecular complexity index is 540. The van der Waals surface area contributed by atoms with Gasteiger partial charge in [-0.15, -0.1) is 0 Å². The fraction of sp³-hybridized carbons (Fsp3) is 0.0769. The first-order valence-corrected chi connectivity index (χ1v) is 5.20. The van der Waals surface area contributed by atoms with Crippen molar-refractivity contribution in [2.24, 2.45) is 5.11 Å². The molecule has 1 N–H and O–H groups in total. The molecular formula is C13H11N3O. The van der Waals surface area contributed by atoms with E-state index in [2.05, 4.69) is 10.0 Å². The van der Waals surface area contributed by atoms with E-state index in [1.54, 1.807) is 24.3 Å². The minimum absolute atomic E-state index is 0.271. The maximum absolute atomic E-state index is 9.17. The molecule has 2 aromatic carbocycles. The van der Waals surface area contributed by atoms with Crippen LogP contribution in [-0.4, -0.2) is 5.11 Å². The Morgan fingerprint density at radius 3 is 2.00 bits per heavy atom. The van der Waals surface area contributed by atoms with Gasteiger partial charge in [0.1, 0.15) is 5.75 Å². The molecule has 0 radical (unpaired) electrons. The van der Waals surface area contributed by atoms with E-state index in [0.29, 0.717) is 5.69 Å². The van der Waals surface area contributed by atoms with Crippen molar-refractivity contribution in [1.29, 1.82) is 0 Å². The monoisotopic (exact) mass is 225 g/mol. The highest BCUT2D eigenvalue weighted by atomic mass is 16.3. The van der Waals surface area contributed by atoms with Crippen LogP contribution in [0.15, 0.2) is 53.6 Å². The lowest BCUT2D eigenvalue weighted by molar-refractivity contribution is 0.475. The first-order valence-electron chi connectivity index (χ1n) is 5.20. The molecule has 0 fully saturated rings. The number of aromatic hydroxyl groups is 1. The summed E-state index contributed by atoms with van der Waals surface area (Å²) in [6.45, 7) is 0. The average Bonchev–Trinajstić information content (AvgIpc) is 2.35. The molecule has 0 atom stereocenters. The molecule has 0 saturated heterocycles. The molecule has 0 bridgehead atoms. The predicted octanol–water partition coefficient (Wildman–Crippen LogP) is 3.92. The summed E-state index contributed by atoms with van der Waals surface area (Å²) < 4.78 is 0. The van der Waals surface area contributed by atoms with E-state index in [0.717, 1.165) is 17.5 Å². The van der Waals surface area contributed by atoms with Gasteiger partial charge < -0.3 is 5.11 Å². The van der Waals surface area contributed by atoms with Crippen molar-refractivity contribution in [3.8, 4) is 5.75 Å². The van der Waals surface area contributed by atoms with Crippen LogP contribution < -0.4 is 0 Å². The van der Waals surface area contributed by atoms with Crippen molar-refractivity contribution in [1.82, 2.24) is 0 Å². The van der Waals surface area contributed by atoms with Crippen molar-refractivity contribution >= 4 is 5.69 Å². The van der Waals surface area contributed by atoms with Gasteiger partial charge in [0.05, 0.1) is 0 Å². The molecule has 4 heteroatoms. The molecule has 0 aliphatic heterocycles. The molecule has 17 heavy (non-hydrogen) atoms. The lowest BCUT2D eigenvalue weighted by Gasteiger charge is -2.02. The van der Waals surface area contributed by atoms with Gasteiger partial charge in [0.2, 0.25) is 0 Å². The minimum Gasteiger partial charge on any atom is -0.508 e. The van der Waals surface area contributed by atoms with E-state index in [4.69, 9.17) is 5.53 Å². The Morgan fingerprint density at radius 2 is 1.47 bits per heavy atom. The Morgan fingerprint density at radius 1 is 0.941 bits per heavy atom. The Hall–Kier alpha value is -2.45. The second-order valence-electron chi connectivity index (χ2n) is 3.70. The SMILES string of the molecule is [N-]=[N+]=Nc1ccc(Cc2ccc(O)cc2)cc1. The fourth-order valence-electron chi connectivity index (χ4n) is 1.58. The molecule has 0 amide bonds. The molecule has 0 unspecified atom stereocenters. The zero-order valence-electron chi connectivity index (χ0n) is 9.11. The maximum Gasteiger partial charge on any atom is 0.115 e. The summed E-state index contributed by atoms with van der Waals surface area (Å²) in [4.78, 5) is 2.73. The number of rotatable bonds is 3. The molecule has 84 valence electrons. The second kappa shape index (κ2) is 5.05. The van der Waals surface area contributed by atoms with Gasteiger partial charge in [0.25, 0.3) is 0 Å². The van der Waals surface area contributed by atoms with Crippen molar-refractivity contribution in [3.63, 3.8) is 0 Å². The van der Waals surface area contributed by atoms with Gasteiger partial charge in [-0.25, -0.2) is 0 Å². The first kappa shape index (κ1) is 11.0. The van der Waals surface area contributed by atoms with Crippen LogP contribution in [0, 0.1) is 0 Å². The summed E-state index contributed by atoms with van der Waals surface area (Å²) in [6, 6.07) is 14.5. The lowest BCUT2D eigenvalue weighted by Crippen LogP contribution is -1.86. The van der Waals surface area contributed by atoms with Crippen LogP contribution in [0.25, 0.3) is 10.4 Å². The van der Waals surface area contributed by atoms with Crippen LogP contribution in [0.1, 0.15) is 11.1 Å². The third-order valence-corrected chi connectivity index (χ3v) is 2.44. The highest BCUT2D eigenvalue weighted by Gasteiger charge is 1.97. The van der Waals surface area contributed by atoms with Crippen LogP contribution in [0.2, 0.25) is 0 Å². The van der Waals surface area contributed by atoms with E-state index >= 15 is 0 Å². The molecular weight excluding hydrogens is 214 g/mol. The molecule has 2 rings (SSSR count). The fourth-order valence-corrected chi connectivity index (χ4v) is 1.58. The highest BCUT2D eigenvalue weighted by Crippen LogP contribution is 2.17. The molecule has 2 aromatic rings. The molecule has 0 aliphatic carbocycles. The normalized spacial score (nSPS) is 9.65. The number of benzene rings is 2. The van der Waals surface area contributed by atoms with E-state index in [1.165, 1.54) is 0 Å². The van der Waals surface area contributed by atoms with Crippen molar-refractivity contribution in [2.45, 2.75) is 6.42 Å². The van der Waals surface area contributed by atoms with Crippen LogP contribution in [0.5, 0.6) is 5.75 Å². The van der Waals surface area contributed by atoms with Crippen LogP contribution in [0.4, 0.5) is 5.69 Å². The van der Waals surface area contributed by atoms with Gasteiger partial charge in [0.15, 0.2) is 0 Å². The summed E-state index contributed by atoms with van der Waals surface area (Å²) >= 11 is 0. The van der Waals surface area contributed by atoms with Gasteiger partial charge in [-0.1, -0.05) is 41.5 Å². The number of hydrogen-bond acceptors (Lipinski definition) is 2. The van der Waals surface area contributed by atoms with Crippen LogP contribution in [-0.2, 0) is 6.42 Å². The quantitative estimate of drug-likeness (QED) is 0.480. The summed E-state index contributed by atoms with van der Waals surface area (Å²) in [7, 11) is 0. The molecule has 0 aromatic heterocycles. The van der Waals surface area contributed by atoms with Gasteiger partial charge in [-0.3, -0.25) is 0 Å². The zero-order valence-corrected chi connectivity index (χ0v) is 9.11. The van der Waals surface area contributed by atoms with Gasteiger partial charge in [-0.2, -0.15) is 0 Å². The standard InChI is InChI=1S/C13H11N3O/c14-16-15-12-5-1-10(2-6-12)9-11-3-7-13(17)8-4-11/h1-8,17H,9H2. The Kier molecular flexibility index (Phi) is 3.28. The summed E-state index contributed by atoms with van der Waals surface area (Å²) in [5.74, 6) is 0.271. The van der Waals surface area contributed by atoms with Gasteiger partial charge >= 0.3 is 0 Å². The topological polar surface area (TPSA) is 69.0 Å². The third-order valence-electron chi connectivity index (χ3n) is 2.44. The van der Waals surface area contributed by atoms with Crippen LogP contribution >= 0.6 is 0 Å². The largest absolute Gasteiger partial charge is 0.508 e. The smallest absolute Gasteiger partial charge is 0.115 e. The summed E-state index contributed by atoms with van der Waals surface area (Å²) in [5.41, 5.74) is 11.2. The Labute approximate surface area is 98.8 Å². The molecule has 0 saturated carbocycles. The Balaban J connectivity index is 2.13. The van der Waals surface area contributed by atoms with E-state index < -0.39 is 0 Å². The number of phenols is 1. The molecule has 4 nitrogen and oxygen atoms in total. The lowest BCUT2D eigenvalue weighted by atomic mass is 10.0. The number of nitrogens with zero attached hydrogens (tertiary/aromatic N) is 3. The van der Waals surface area contributed by atoms with Gasteiger partial charge in [0, 0.05) is 10.6 Å². The molecule has 0 heterocycles. The average molecular weight is 225 g/mol. The third kappa shape index (κ3) is 3.00. The number of phenolic OH excluding ortho intramolecular Hbond substituents is 1. The molecule has 0 spiro atoms. The maximum atomic E-state index is 9.17. The first-order chi connectivity index (χ1) is 8.28. The van der Waals surface area contributed by atoms with E-state index in [9.17, 15) is 5.11 Å². The van der Waals surface area contributed by atoms with E-state index in [-0.39, 0.29) is 5.75 Å². The highest BCUT2D eigenvalue weighted by molar-refractivity contribution is 5.40. The predicted molar refractivity (Wildman–Crippen MR) is 66.2 cm³/mol. The number of azide groups is 1. The van der Waals surface area contributed by atoms with Crippen LogP contribution in [0.3, 0.4) is 0 Å². The summed E-state index contributed by atoms with van der Waals surface area (Å²) in [6.07, 6.45) is 0.789. The summed E-state index contributed by atoms with van der Waals surface area (Å²) in [5, 5.41) is 12.7. The van der Waals surface area contributed by atoms with Crippen molar-refractivity contribution in [2.75, 3.05) is 0 Å².